The van der Waals surface area contributed by atoms with Crippen molar-refractivity contribution in [3.63, 3.8) is 0 Å². The molecule has 0 fully saturated rings. The SMILES string of the molecule is C=Cc1cc2c(cc1C(O)C1OCc3ccc4c(c31)OCO4)OCO2. The predicted octanol–water partition coefficient (Wildman–Crippen LogP) is 3.09. The first-order valence-electron chi connectivity index (χ1n) is 8.03. The second-order valence-corrected chi connectivity index (χ2v) is 6.09. The molecule has 0 saturated carbocycles. The molecule has 3 aliphatic rings. The smallest absolute Gasteiger partial charge is 0.231 e. The van der Waals surface area contributed by atoms with Gasteiger partial charge >= 0.3 is 0 Å². The van der Waals surface area contributed by atoms with E-state index in [4.69, 9.17) is 23.7 Å². The summed E-state index contributed by atoms with van der Waals surface area (Å²) in [5, 5.41) is 11.1. The Morgan fingerprint density at radius 3 is 2.64 bits per heavy atom. The fourth-order valence-corrected chi connectivity index (χ4v) is 3.55. The third-order valence-electron chi connectivity index (χ3n) is 4.77. The Bertz CT molecular complexity index is 875. The second kappa shape index (κ2) is 5.40. The van der Waals surface area contributed by atoms with Crippen LogP contribution in [0.5, 0.6) is 23.0 Å². The number of fused-ring (bicyclic) bond motifs is 4. The fraction of sp³-hybridized carbons (Fsp3) is 0.263. The maximum Gasteiger partial charge on any atom is 0.231 e. The van der Waals surface area contributed by atoms with Crippen LogP contribution in [0.2, 0.25) is 0 Å². The molecule has 128 valence electrons. The van der Waals surface area contributed by atoms with Gasteiger partial charge < -0.3 is 28.8 Å². The zero-order valence-corrected chi connectivity index (χ0v) is 13.4. The number of hydrogen-bond acceptors (Lipinski definition) is 6. The van der Waals surface area contributed by atoms with E-state index in [0.717, 1.165) is 16.7 Å². The highest BCUT2D eigenvalue weighted by Crippen LogP contribution is 2.50. The van der Waals surface area contributed by atoms with Crippen molar-refractivity contribution in [1.29, 1.82) is 0 Å². The molecule has 2 atom stereocenters. The van der Waals surface area contributed by atoms with Crippen molar-refractivity contribution in [2.45, 2.75) is 18.8 Å². The number of aliphatic hydroxyl groups excluding tert-OH is 1. The van der Waals surface area contributed by atoms with Gasteiger partial charge in [-0.1, -0.05) is 18.7 Å². The normalized spacial score (nSPS) is 20.4. The molecular formula is C19H16O6. The van der Waals surface area contributed by atoms with Gasteiger partial charge in [-0.2, -0.15) is 0 Å². The first-order chi connectivity index (χ1) is 12.3. The van der Waals surface area contributed by atoms with Gasteiger partial charge in [-0.3, -0.25) is 0 Å². The van der Waals surface area contributed by atoms with Crippen LogP contribution in [0, 0.1) is 0 Å². The maximum absolute atomic E-state index is 11.1. The van der Waals surface area contributed by atoms with Crippen molar-refractivity contribution in [3.8, 4) is 23.0 Å². The van der Waals surface area contributed by atoms with Crippen LogP contribution in [0.25, 0.3) is 6.08 Å². The lowest BCUT2D eigenvalue weighted by Gasteiger charge is -2.22. The number of rotatable bonds is 3. The maximum atomic E-state index is 11.1. The third kappa shape index (κ3) is 2.11. The van der Waals surface area contributed by atoms with Crippen molar-refractivity contribution in [2.24, 2.45) is 0 Å². The molecular weight excluding hydrogens is 324 g/mol. The summed E-state index contributed by atoms with van der Waals surface area (Å²) in [4.78, 5) is 0. The summed E-state index contributed by atoms with van der Waals surface area (Å²) < 4.78 is 27.8. The van der Waals surface area contributed by atoms with Crippen LogP contribution in [-0.4, -0.2) is 18.7 Å². The minimum Gasteiger partial charge on any atom is -0.454 e. The molecule has 0 saturated heterocycles. The first-order valence-corrected chi connectivity index (χ1v) is 8.03. The van der Waals surface area contributed by atoms with Gasteiger partial charge in [0.15, 0.2) is 23.0 Å². The van der Waals surface area contributed by atoms with Crippen molar-refractivity contribution < 1.29 is 28.8 Å². The Hall–Kier alpha value is -2.70. The molecule has 0 amide bonds. The lowest BCUT2D eigenvalue weighted by atomic mass is 9.92. The topological polar surface area (TPSA) is 66.4 Å². The molecule has 2 aromatic rings. The van der Waals surface area contributed by atoms with E-state index in [0.29, 0.717) is 35.2 Å². The molecule has 2 unspecified atom stereocenters. The largest absolute Gasteiger partial charge is 0.454 e. The average molecular weight is 340 g/mol. The minimum absolute atomic E-state index is 0.174. The fourth-order valence-electron chi connectivity index (χ4n) is 3.55. The molecule has 0 bridgehead atoms. The van der Waals surface area contributed by atoms with Crippen molar-refractivity contribution in [2.75, 3.05) is 13.6 Å². The summed E-state index contributed by atoms with van der Waals surface area (Å²) in [6, 6.07) is 7.42. The molecule has 3 aliphatic heterocycles. The molecule has 2 aromatic carbocycles. The molecule has 0 radical (unpaired) electrons. The van der Waals surface area contributed by atoms with Gasteiger partial charge in [0.2, 0.25) is 13.6 Å². The number of benzene rings is 2. The van der Waals surface area contributed by atoms with Gasteiger partial charge in [0.1, 0.15) is 12.2 Å². The first kappa shape index (κ1) is 14.6. The van der Waals surface area contributed by atoms with E-state index < -0.39 is 12.2 Å². The Balaban J connectivity index is 1.59. The summed E-state index contributed by atoms with van der Waals surface area (Å²) in [6.07, 6.45) is 0.232. The standard InChI is InChI=1S/C19H16O6/c1-2-10-5-14-15(24-8-23-14)6-12(10)17(20)19-16-11(7-21-19)3-4-13-18(16)25-9-22-13/h2-6,17,19-20H,1,7-9H2. The molecule has 0 aliphatic carbocycles. The van der Waals surface area contributed by atoms with Crippen LogP contribution in [-0.2, 0) is 11.3 Å². The quantitative estimate of drug-likeness (QED) is 0.926. The Morgan fingerprint density at radius 2 is 1.80 bits per heavy atom. The summed E-state index contributed by atoms with van der Waals surface area (Å²) in [5.41, 5.74) is 3.29. The molecule has 0 aromatic heterocycles. The van der Waals surface area contributed by atoms with Crippen LogP contribution in [0.4, 0.5) is 0 Å². The van der Waals surface area contributed by atoms with Crippen molar-refractivity contribution >= 4 is 6.08 Å². The highest BCUT2D eigenvalue weighted by Gasteiger charge is 2.37. The average Bonchev–Trinajstić information content (AvgIpc) is 3.36. The van der Waals surface area contributed by atoms with E-state index in [2.05, 4.69) is 6.58 Å². The Labute approximate surface area is 144 Å². The molecule has 1 N–H and O–H groups in total. The van der Waals surface area contributed by atoms with E-state index >= 15 is 0 Å². The van der Waals surface area contributed by atoms with Gasteiger partial charge in [0.05, 0.1) is 6.61 Å². The van der Waals surface area contributed by atoms with E-state index in [1.165, 1.54) is 0 Å². The van der Waals surface area contributed by atoms with Crippen LogP contribution >= 0.6 is 0 Å². The lowest BCUT2D eigenvalue weighted by molar-refractivity contribution is -0.0324. The Kier molecular flexibility index (Phi) is 3.16. The molecule has 5 rings (SSSR count). The lowest BCUT2D eigenvalue weighted by Crippen LogP contribution is -2.12. The van der Waals surface area contributed by atoms with Gasteiger partial charge in [-0.15, -0.1) is 0 Å². The van der Waals surface area contributed by atoms with Crippen LogP contribution in [0.3, 0.4) is 0 Å². The predicted molar refractivity (Wildman–Crippen MR) is 87.7 cm³/mol. The van der Waals surface area contributed by atoms with E-state index in [1.54, 1.807) is 12.1 Å². The van der Waals surface area contributed by atoms with Crippen molar-refractivity contribution in [3.05, 3.63) is 53.1 Å². The molecule has 0 spiro atoms. The van der Waals surface area contributed by atoms with E-state index in [9.17, 15) is 5.11 Å². The zero-order chi connectivity index (χ0) is 17.0. The molecule has 25 heavy (non-hydrogen) atoms. The van der Waals surface area contributed by atoms with Gasteiger partial charge in [-0.05, 0) is 34.9 Å². The summed E-state index contributed by atoms with van der Waals surface area (Å²) in [7, 11) is 0. The minimum atomic E-state index is -0.903. The highest BCUT2D eigenvalue weighted by atomic mass is 16.7. The monoisotopic (exact) mass is 340 g/mol. The zero-order valence-electron chi connectivity index (χ0n) is 13.4. The summed E-state index contributed by atoms with van der Waals surface area (Å²) >= 11 is 0. The molecule has 6 nitrogen and oxygen atoms in total. The van der Waals surface area contributed by atoms with Crippen LogP contribution in [0.15, 0.2) is 30.8 Å². The third-order valence-corrected chi connectivity index (χ3v) is 4.77. The van der Waals surface area contributed by atoms with Gasteiger partial charge in [0, 0.05) is 5.56 Å². The number of aliphatic hydroxyl groups is 1. The van der Waals surface area contributed by atoms with Gasteiger partial charge in [-0.25, -0.2) is 0 Å². The number of ether oxygens (including phenoxy) is 5. The summed E-state index contributed by atoms with van der Waals surface area (Å²) in [6.45, 7) is 4.60. The molecule has 3 heterocycles. The second-order valence-electron chi connectivity index (χ2n) is 6.09. The van der Waals surface area contributed by atoms with Gasteiger partial charge in [0.25, 0.3) is 0 Å². The van der Waals surface area contributed by atoms with Crippen molar-refractivity contribution in [1.82, 2.24) is 0 Å². The van der Waals surface area contributed by atoms with E-state index in [1.807, 2.05) is 18.2 Å². The highest BCUT2D eigenvalue weighted by molar-refractivity contribution is 5.62. The van der Waals surface area contributed by atoms with Crippen LogP contribution in [0.1, 0.15) is 34.5 Å². The van der Waals surface area contributed by atoms with E-state index in [-0.39, 0.29) is 13.6 Å². The summed E-state index contributed by atoms with van der Waals surface area (Å²) in [5.74, 6) is 2.59. The number of hydrogen-bond donors (Lipinski definition) is 1. The van der Waals surface area contributed by atoms with Crippen LogP contribution < -0.4 is 18.9 Å². The molecule has 6 heteroatoms. The Morgan fingerprint density at radius 1 is 1.04 bits per heavy atom.